The molecule has 1 aliphatic heterocycles. The van der Waals surface area contributed by atoms with Crippen molar-refractivity contribution in [2.24, 2.45) is 0 Å². The van der Waals surface area contributed by atoms with Crippen LogP contribution in [-0.4, -0.2) is 25.8 Å². The van der Waals surface area contributed by atoms with Crippen LogP contribution in [0.5, 0.6) is 11.5 Å². The summed E-state index contributed by atoms with van der Waals surface area (Å²) in [6.07, 6.45) is 0.410. The van der Waals surface area contributed by atoms with Crippen LogP contribution >= 0.6 is 0 Å². The van der Waals surface area contributed by atoms with Crippen LogP contribution in [0.25, 0.3) is 0 Å². The smallest absolute Gasteiger partial charge is 0.147 e. The molecule has 1 atom stereocenters. The summed E-state index contributed by atoms with van der Waals surface area (Å²) in [4.78, 5) is 2.25. The third-order valence-electron chi connectivity index (χ3n) is 2.85. The normalized spacial score (nSPS) is 18.9. The average molecular weight is 235 g/mol. The van der Waals surface area contributed by atoms with Crippen molar-refractivity contribution < 1.29 is 9.47 Å². The molecule has 17 heavy (non-hydrogen) atoms. The van der Waals surface area contributed by atoms with Crippen molar-refractivity contribution in [3.63, 3.8) is 0 Å². The summed E-state index contributed by atoms with van der Waals surface area (Å²) >= 11 is 0. The first kappa shape index (κ1) is 12.1. The van der Waals surface area contributed by atoms with Gasteiger partial charge in [0.2, 0.25) is 0 Å². The van der Waals surface area contributed by atoms with Crippen LogP contribution in [0.4, 0.5) is 5.69 Å². The van der Waals surface area contributed by atoms with E-state index in [2.05, 4.69) is 31.9 Å². The minimum atomic E-state index is 0.186. The lowest BCUT2D eigenvalue weighted by atomic mass is 10.1. The van der Waals surface area contributed by atoms with Gasteiger partial charge in [-0.3, -0.25) is 0 Å². The molecule has 0 amide bonds. The van der Waals surface area contributed by atoms with Crippen molar-refractivity contribution in [2.45, 2.75) is 39.9 Å². The van der Waals surface area contributed by atoms with Gasteiger partial charge in [0.1, 0.15) is 17.6 Å². The summed E-state index contributed by atoms with van der Waals surface area (Å²) in [6, 6.07) is 4.07. The van der Waals surface area contributed by atoms with Gasteiger partial charge in [-0.15, -0.1) is 0 Å². The Morgan fingerprint density at radius 3 is 2.76 bits per heavy atom. The van der Waals surface area contributed by atoms with Gasteiger partial charge in [-0.25, -0.2) is 0 Å². The molecule has 0 fully saturated rings. The Balaban J connectivity index is 2.39. The third kappa shape index (κ3) is 2.48. The molecule has 1 aromatic rings. The molecule has 1 aromatic carbocycles. The van der Waals surface area contributed by atoms with Crippen molar-refractivity contribution in [2.75, 3.05) is 18.5 Å². The van der Waals surface area contributed by atoms with E-state index in [0.29, 0.717) is 0 Å². The van der Waals surface area contributed by atoms with Crippen LogP contribution in [0.2, 0.25) is 0 Å². The maximum atomic E-state index is 5.88. The summed E-state index contributed by atoms with van der Waals surface area (Å²) in [5.41, 5.74) is 2.38. The van der Waals surface area contributed by atoms with Gasteiger partial charge in [0.25, 0.3) is 0 Å². The van der Waals surface area contributed by atoms with E-state index in [-0.39, 0.29) is 12.2 Å². The molecule has 0 saturated carbocycles. The molecule has 2 rings (SSSR count). The van der Waals surface area contributed by atoms with E-state index in [0.717, 1.165) is 18.0 Å². The summed E-state index contributed by atoms with van der Waals surface area (Å²) < 4.78 is 11.6. The Labute approximate surface area is 103 Å². The monoisotopic (exact) mass is 235 g/mol. The molecule has 1 aliphatic rings. The maximum Gasteiger partial charge on any atom is 0.147 e. The number of likely N-dealkylation sites (N-methyl/N-ethyl adjacent to an activating group) is 1. The lowest BCUT2D eigenvalue weighted by Gasteiger charge is -2.33. The Morgan fingerprint density at radius 2 is 2.12 bits per heavy atom. The fraction of sp³-hybridized carbons (Fsp3) is 0.571. The fourth-order valence-electron chi connectivity index (χ4n) is 2.37. The predicted octanol–water partition coefficient (Wildman–Crippen LogP) is 3.00. The number of aryl methyl sites for hydroxylation is 1. The minimum Gasteiger partial charge on any atom is -0.491 e. The van der Waals surface area contributed by atoms with Crippen molar-refractivity contribution in [1.82, 2.24) is 0 Å². The van der Waals surface area contributed by atoms with E-state index in [1.54, 1.807) is 0 Å². The molecule has 0 aromatic heterocycles. The minimum absolute atomic E-state index is 0.186. The van der Waals surface area contributed by atoms with Crippen LogP contribution in [-0.2, 0) is 0 Å². The van der Waals surface area contributed by atoms with Gasteiger partial charge in [0, 0.05) is 13.1 Å². The maximum absolute atomic E-state index is 5.88. The standard InChI is InChI=1S/C14H21NO2/c1-9(2)16-12-6-10(3)14-13(7-12)17-11(4)8-15(14)5/h6-7,9,11H,8H2,1-5H3/t11-/m1/s1. The van der Waals surface area contributed by atoms with Crippen LogP contribution in [0.1, 0.15) is 26.3 Å². The highest BCUT2D eigenvalue weighted by Crippen LogP contribution is 2.39. The van der Waals surface area contributed by atoms with E-state index in [1.807, 2.05) is 19.9 Å². The fourth-order valence-corrected chi connectivity index (χ4v) is 2.37. The highest BCUT2D eigenvalue weighted by Gasteiger charge is 2.23. The molecule has 0 radical (unpaired) electrons. The van der Waals surface area contributed by atoms with Crippen LogP contribution < -0.4 is 14.4 Å². The Bertz CT molecular complexity index is 415. The van der Waals surface area contributed by atoms with Gasteiger partial charge in [-0.05, 0) is 39.3 Å². The molecule has 0 aliphatic carbocycles. The summed E-state index contributed by atoms with van der Waals surface area (Å²) in [5, 5.41) is 0. The lowest BCUT2D eigenvalue weighted by Crippen LogP contribution is -2.36. The van der Waals surface area contributed by atoms with Crippen molar-refractivity contribution >= 4 is 5.69 Å². The van der Waals surface area contributed by atoms with Crippen LogP contribution in [0, 0.1) is 6.92 Å². The molecule has 94 valence electrons. The molecule has 0 saturated heterocycles. The van der Waals surface area contributed by atoms with E-state index in [4.69, 9.17) is 9.47 Å². The zero-order valence-electron chi connectivity index (χ0n) is 11.3. The van der Waals surface area contributed by atoms with E-state index in [9.17, 15) is 0 Å². The molecule has 1 heterocycles. The quantitative estimate of drug-likeness (QED) is 0.786. The second-order valence-corrected chi connectivity index (χ2v) is 5.06. The zero-order chi connectivity index (χ0) is 12.6. The number of nitrogens with zero attached hydrogens (tertiary/aromatic N) is 1. The van der Waals surface area contributed by atoms with Crippen molar-refractivity contribution in [3.8, 4) is 11.5 Å². The second-order valence-electron chi connectivity index (χ2n) is 5.06. The topological polar surface area (TPSA) is 21.7 Å². The van der Waals surface area contributed by atoms with Crippen LogP contribution in [0.15, 0.2) is 12.1 Å². The number of hydrogen-bond donors (Lipinski definition) is 0. The zero-order valence-corrected chi connectivity index (χ0v) is 11.3. The van der Waals surface area contributed by atoms with Gasteiger partial charge in [-0.2, -0.15) is 0 Å². The first-order chi connectivity index (χ1) is 7.97. The van der Waals surface area contributed by atoms with E-state index >= 15 is 0 Å². The number of benzene rings is 1. The average Bonchev–Trinajstić information content (AvgIpc) is 2.13. The molecule has 0 N–H and O–H groups in total. The molecule has 3 heteroatoms. The summed E-state index contributed by atoms with van der Waals surface area (Å²) in [7, 11) is 2.10. The van der Waals surface area contributed by atoms with Gasteiger partial charge in [0.05, 0.1) is 18.3 Å². The lowest BCUT2D eigenvalue weighted by molar-refractivity contribution is 0.209. The predicted molar refractivity (Wildman–Crippen MR) is 70.3 cm³/mol. The number of anilines is 1. The molecule has 0 spiro atoms. The number of fused-ring (bicyclic) bond motifs is 1. The molecule has 3 nitrogen and oxygen atoms in total. The second kappa shape index (κ2) is 4.47. The highest BCUT2D eigenvalue weighted by atomic mass is 16.5. The Morgan fingerprint density at radius 1 is 1.41 bits per heavy atom. The van der Waals surface area contributed by atoms with Crippen molar-refractivity contribution in [1.29, 1.82) is 0 Å². The van der Waals surface area contributed by atoms with Gasteiger partial charge in [0.15, 0.2) is 0 Å². The number of hydrogen-bond acceptors (Lipinski definition) is 3. The first-order valence-corrected chi connectivity index (χ1v) is 6.16. The number of ether oxygens (including phenoxy) is 2. The molecular weight excluding hydrogens is 214 g/mol. The molecule has 0 bridgehead atoms. The molecular formula is C14H21NO2. The van der Waals surface area contributed by atoms with Gasteiger partial charge in [-0.1, -0.05) is 0 Å². The summed E-state index contributed by atoms with van der Waals surface area (Å²) in [5.74, 6) is 1.82. The number of rotatable bonds is 2. The first-order valence-electron chi connectivity index (χ1n) is 6.16. The molecule has 0 unspecified atom stereocenters. The largest absolute Gasteiger partial charge is 0.491 e. The van der Waals surface area contributed by atoms with E-state index in [1.165, 1.54) is 11.3 Å². The van der Waals surface area contributed by atoms with E-state index < -0.39 is 0 Å². The van der Waals surface area contributed by atoms with Crippen molar-refractivity contribution in [3.05, 3.63) is 17.7 Å². The summed E-state index contributed by atoms with van der Waals surface area (Å²) in [6.45, 7) is 9.18. The highest BCUT2D eigenvalue weighted by molar-refractivity contribution is 5.67. The Hall–Kier alpha value is -1.38. The van der Waals surface area contributed by atoms with Crippen LogP contribution in [0.3, 0.4) is 0 Å². The van der Waals surface area contributed by atoms with Gasteiger partial charge >= 0.3 is 0 Å². The Kier molecular flexibility index (Phi) is 3.18. The SMILES string of the molecule is Cc1cc(OC(C)C)cc2c1N(C)C[C@@H](C)O2. The van der Waals surface area contributed by atoms with Gasteiger partial charge < -0.3 is 14.4 Å². The third-order valence-corrected chi connectivity index (χ3v) is 2.85.